The largest absolute Gasteiger partial charge is 0.507 e. The van der Waals surface area contributed by atoms with Crippen LogP contribution in [-0.4, -0.2) is 16.2 Å². The Morgan fingerprint density at radius 2 is 1.86 bits per heavy atom. The highest BCUT2D eigenvalue weighted by Crippen LogP contribution is 2.29. The first kappa shape index (κ1) is 10.5. The van der Waals surface area contributed by atoms with Crippen LogP contribution in [0, 0.1) is 13.8 Å². The predicted octanol–water partition coefficient (Wildman–Crippen LogP) is 1.09. The van der Waals surface area contributed by atoms with Gasteiger partial charge in [0.1, 0.15) is 11.8 Å². The lowest BCUT2D eigenvalue weighted by Crippen LogP contribution is -2.21. The van der Waals surface area contributed by atoms with Crippen LogP contribution < -0.4 is 5.73 Å². The number of aliphatic carboxylic acids is 1. The Labute approximate surface area is 82.0 Å². The highest BCUT2D eigenvalue weighted by atomic mass is 16.4. The molecular weight excluding hydrogens is 182 g/mol. The number of phenols is 1. The summed E-state index contributed by atoms with van der Waals surface area (Å²) in [7, 11) is 0. The van der Waals surface area contributed by atoms with Crippen molar-refractivity contribution in [3.05, 3.63) is 28.8 Å². The molecule has 4 heteroatoms. The second-order valence-electron chi connectivity index (χ2n) is 3.28. The Bertz CT molecular complexity index is 374. The molecule has 4 nitrogen and oxygen atoms in total. The van der Waals surface area contributed by atoms with Gasteiger partial charge in [-0.25, -0.2) is 0 Å². The molecule has 1 aromatic carbocycles. The summed E-state index contributed by atoms with van der Waals surface area (Å²) in [6.45, 7) is 3.42. The minimum atomic E-state index is -1.17. The van der Waals surface area contributed by atoms with Crippen molar-refractivity contribution < 1.29 is 15.0 Å². The summed E-state index contributed by atoms with van der Waals surface area (Å²) in [5.74, 6) is -1.17. The lowest BCUT2D eigenvalue weighted by molar-refractivity contribution is -0.138. The van der Waals surface area contributed by atoms with Crippen LogP contribution in [0.5, 0.6) is 5.75 Å². The van der Waals surface area contributed by atoms with Crippen LogP contribution in [0.4, 0.5) is 0 Å². The zero-order valence-electron chi connectivity index (χ0n) is 8.11. The van der Waals surface area contributed by atoms with E-state index in [0.717, 1.165) is 0 Å². The molecule has 0 spiro atoms. The molecule has 0 fully saturated rings. The van der Waals surface area contributed by atoms with E-state index in [1.807, 2.05) is 0 Å². The topological polar surface area (TPSA) is 83.6 Å². The molecule has 76 valence electrons. The number of benzene rings is 1. The van der Waals surface area contributed by atoms with Crippen molar-refractivity contribution in [2.24, 2.45) is 5.73 Å². The van der Waals surface area contributed by atoms with E-state index in [-0.39, 0.29) is 11.3 Å². The first-order valence-corrected chi connectivity index (χ1v) is 4.22. The standard InChI is InChI=1S/C10H13NO3/c1-5-3-4-6(2)9(12)7(5)8(11)10(13)14/h3-4,8,12H,11H2,1-2H3,(H,13,14)/t8-/m1/s1. The van der Waals surface area contributed by atoms with Crippen LogP contribution in [0.3, 0.4) is 0 Å². The summed E-state index contributed by atoms with van der Waals surface area (Å²) in [6.07, 6.45) is 0. The molecule has 14 heavy (non-hydrogen) atoms. The van der Waals surface area contributed by atoms with Crippen molar-refractivity contribution in [1.29, 1.82) is 0 Å². The molecule has 0 heterocycles. The van der Waals surface area contributed by atoms with Gasteiger partial charge in [-0.1, -0.05) is 12.1 Å². The van der Waals surface area contributed by atoms with Crippen molar-refractivity contribution >= 4 is 5.97 Å². The minimum Gasteiger partial charge on any atom is -0.507 e. The number of phenolic OH excluding ortho intramolecular Hbond substituents is 1. The second kappa shape index (κ2) is 3.67. The number of carboxylic acid groups (broad SMARTS) is 1. The smallest absolute Gasteiger partial charge is 0.325 e. The van der Waals surface area contributed by atoms with Crippen LogP contribution in [0.1, 0.15) is 22.7 Å². The van der Waals surface area contributed by atoms with Gasteiger partial charge in [0.25, 0.3) is 0 Å². The molecule has 0 aliphatic heterocycles. The van der Waals surface area contributed by atoms with Gasteiger partial charge in [0, 0.05) is 5.56 Å². The van der Waals surface area contributed by atoms with Gasteiger partial charge in [-0.15, -0.1) is 0 Å². The molecule has 0 bridgehead atoms. The number of aromatic hydroxyl groups is 1. The molecule has 0 saturated carbocycles. The van der Waals surface area contributed by atoms with Crippen molar-refractivity contribution in [2.45, 2.75) is 19.9 Å². The van der Waals surface area contributed by atoms with Crippen LogP contribution in [0.15, 0.2) is 12.1 Å². The molecule has 1 rings (SSSR count). The molecule has 4 N–H and O–H groups in total. The van der Waals surface area contributed by atoms with E-state index in [0.29, 0.717) is 11.1 Å². The van der Waals surface area contributed by atoms with Crippen molar-refractivity contribution in [1.82, 2.24) is 0 Å². The molecule has 0 aromatic heterocycles. The van der Waals surface area contributed by atoms with Crippen LogP contribution in [0.2, 0.25) is 0 Å². The number of carbonyl (C=O) groups is 1. The molecule has 0 aliphatic carbocycles. The molecule has 0 unspecified atom stereocenters. The molecule has 0 amide bonds. The van der Waals surface area contributed by atoms with Crippen molar-refractivity contribution in [3.63, 3.8) is 0 Å². The fourth-order valence-electron chi connectivity index (χ4n) is 1.33. The maximum Gasteiger partial charge on any atom is 0.325 e. The average Bonchev–Trinajstić information content (AvgIpc) is 2.12. The predicted molar refractivity (Wildman–Crippen MR) is 52.1 cm³/mol. The normalized spacial score (nSPS) is 12.5. The van der Waals surface area contributed by atoms with Crippen LogP contribution in [0.25, 0.3) is 0 Å². The minimum absolute atomic E-state index is 0.0279. The first-order chi connectivity index (χ1) is 6.45. The number of hydrogen-bond acceptors (Lipinski definition) is 3. The van der Waals surface area contributed by atoms with Gasteiger partial charge >= 0.3 is 5.97 Å². The maximum absolute atomic E-state index is 10.7. The maximum atomic E-state index is 10.7. The SMILES string of the molecule is Cc1ccc(C)c([C@@H](N)C(=O)O)c1O. The summed E-state index contributed by atoms with van der Waals surface area (Å²) in [6, 6.07) is 2.30. The Kier molecular flexibility index (Phi) is 2.76. The number of nitrogens with two attached hydrogens (primary N) is 1. The van der Waals surface area contributed by atoms with Gasteiger partial charge in [-0.05, 0) is 25.0 Å². The van der Waals surface area contributed by atoms with Crippen molar-refractivity contribution in [2.75, 3.05) is 0 Å². The summed E-state index contributed by atoms with van der Waals surface area (Å²) in [5, 5.41) is 18.4. The molecule has 0 aliphatic rings. The van der Waals surface area contributed by atoms with Gasteiger partial charge in [0.05, 0.1) is 0 Å². The highest BCUT2D eigenvalue weighted by molar-refractivity contribution is 5.77. The highest BCUT2D eigenvalue weighted by Gasteiger charge is 2.21. The molecule has 0 saturated heterocycles. The van der Waals surface area contributed by atoms with Gasteiger partial charge < -0.3 is 15.9 Å². The van der Waals surface area contributed by atoms with E-state index >= 15 is 0 Å². The van der Waals surface area contributed by atoms with Gasteiger partial charge in [0.2, 0.25) is 0 Å². The van der Waals surface area contributed by atoms with E-state index in [2.05, 4.69) is 0 Å². The van der Waals surface area contributed by atoms with E-state index in [4.69, 9.17) is 10.8 Å². The number of hydrogen-bond donors (Lipinski definition) is 3. The lowest BCUT2D eigenvalue weighted by Gasteiger charge is -2.13. The number of carboxylic acids is 1. The Morgan fingerprint density at radius 3 is 2.36 bits per heavy atom. The van der Waals surface area contributed by atoms with E-state index in [9.17, 15) is 9.90 Å². The molecular formula is C10H13NO3. The fourth-order valence-corrected chi connectivity index (χ4v) is 1.33. The first-order valence-electron chi connectivity index (χ1n) is 4.22. The van der Waals surface area contributed by atoms with Gasteiger partial charge in [0.15, 0.2) is 0 Å². The Morgan fingerprint density at radius 1 is 1.36 bits per heavy atom. The zero-order chi connectivity index (χ0) is 10.9. The van der Waals surface area contributed by atoms with Crippen molar-refractivity contribution in [3.8, 4) is 5.75 Å². The second-order valence-corrected chi connectivity index (χ2v) is 3.28. The third kappa shape index (κ3) is 1.70. The molecule has 0 radical (unpaired) electrons. The Hall–Kier alpha value is -1.55. The fraction of sp³-hybridized carbons (Fsp3) is 0.300. The monoisotopic (exact) mass is 195 g/mol. The third-order valence-corrected chi connectivity index (χ3v) is 2.21. The zero-order valence-corrected chi connectivity index (χ0v) is 8.11. The van der Waals surface area contributed by atoms with Gasteiger partial charge in [-0.2, -0.15) is 0 Å². The molecule has 1 aromatic rings. The van der Waals surface area contributed by atoms with E-state index in [1.54, 1.807) is 26.0 Å². The lowest BCUT2D eigenvalue weighted by atomic mass is 9.98. The average molecular weight is 195 g/mol. The summed E-state index contributed by atoms with van der Waals surface area (Å²) < 4.78 is 0. The third-order valence-electron chi connectivity index (χ3n) is 2.21. The number of rotatable bonds is 2. The van der Waals surface area contributed by atoms with E-state index < -0.39 is 12.0 Å². The quantitative estimate of drug-likeness (QED) is 0.659. The Balaban J connectivity index is 3.32. The summed E-state index contributed by atoms with van der Waals surface area (Å²) in [5.41, 5.74) is 7.05. The number of aryl methyl sites for hydroxylation is 2. The summed E-state index contributed by atoms with van der Waals surface area (Å²) in [4.78, 5) is 10.7. The van der Waals surface area contributed by atoms with Crippen LogP contribution in [-0.2, 0) is 4.79 Å². The summed E-state index contributed by atoms with van der Waals surface area (Å²) >= 11 is 0. The van der Waals surface area contributed by atoms with E-state index in [1.165, 1.54) is 0 Å². The molecule has 1 atom stereocenters. The van der Waals surface area contributed by atoms with Crippen LogP contribution >= 0.6 is 0 Å². The van der Waals surface area contributed by atoms with Gasteiger partial charge in [-0.3, -0.25) is 4.79 Å².